The number of carbonyl (C=O) groups is 1. The van der Waals surface area contributed by atoms with Crippen molar-refractivity contribution in [3.8, 4) is 0 Å². The molecule has 0 saturated heterocycles. The van der Waals surface area contributed by atoms with Crippen molar-refractivity contribution in [1.82, 2.24) is 0 Å². The van der Waals surface area contributed by atoms with Crippen LogP contribution < -0.4 is 5.73 Å². The van der Waals surface area contributed by atoms with Crippen molar-refractivity contribution in [2.75, 3.05) is 6.61 Å². The average Bonchev–Trinajstić information content (AvgIpc) is 2.36. The monoisotopic (exact) mass is 300 g/mol. The molecular formula is C14H15F3N2O2. The first kappa shape index (κ1) is 15.3. The Hall–Kier alpha value is -2.05. The van der Waals surface area contributed by atoms with Gasteiger partial charge in [-0.05, 0) is 31.5 Å². The molecule has 0 bridgehead atoms. The van der Waals surface area contributed by atoms with Crippen molar-refractivity contribution in [2.45, 2.75) is 31.7 Å². The summed E-state index contributed by atoms with van der Waals surface area (Å²) < 4.78 is 46.9. The summed E-state index contributed by atoms with van der Waals surface area (Å²) in [6.45, 7) is 1.48. The quantitative estimate of drug-likeness (QED) is 0.930. The number of rotatable bonds is 3. The van der Waals surface area contributed by atoms with Crippen LogP contribution in [0.5, 0.6) is 0 Å². The fourth-order valence-electron chi connectivity index (χ4n) is 2.24. The summed E-state index contributed by atoms with van der Waals surface area (Å²) in [5, 5.41) is 0. The minimum Gasteiger partial charge on any atom is -0.459 e. The maximum atomic E-state index is 14.2. The molecule has 0 amide bonds. The Bertz CT molecular complexity index is 616. The molecule has 2 N–H and O–H groups in total. The van der Waals surface area contributed by atoms with E-state index in [0.717, 1.165) is 13.0 Å². The summed E-state index contributed by atoms with van der Waals surface area (Å²) in [7, 11) is 0. The molecule has 21 heavy (non-hydrogen) atoms. The molecule has 1 aromatic carbocycles. The zero-order valence-electron chi connectivity index (χ0n) is 11.6. The second-order valence-corrected chi connectivity index (χ2v) is 5.21. The fraction of sp³-hybridized carbons (Fsp3) is 0.429. The first-order valence-corrected chi connectivity index (χ1v) is 6.30. The first-order chi connectivity index (χ1) is 9.65. The van der Waals surface area contributed by atoms with Crippen LogP contribution in [0.1, 0.15) is 25.0 Å². The summed E-state index contributed by atoms with van der Waals surface area (Å²) in [6, 6.07) is 3.25. The van der Waals surface area contributed by atoms with Crippen LogP contribution in [0, 0.1) is 5.82 Å². The third-order valence-electron chi connectivity index (χ3n) is 3.46. The van der Waals surface area contributed by atoms with Crippen molar-refractivity contribution < 1.29 is 22.7 Å². The van der Waals surface area contributed by atoms with E-state index in [1.807, 2.05) is 0 Å². The molecule has 0 unspecified atom stereocenters. The molecule has 0 aromatic heterocycles. The molecule has 4 nitrogen and oxygen atoms in total. The summed E-state index contributed by atoms with van der Waals surface area (Å²) in [5.74, 6) is -4.41. The van der Waals surface area contributed by atoms with Gasteiger partial charge in [-0.3, -0.25) is 4.79 Å². The minimum atomic E-state index is -3.43. The maximum absolute atomic E-state index is 14.2. The van der Waals surface area contributed by atoms with Gasteiger partial charge in [0.25, 0.3) is 6.02 Å². The van der Waals surface area contributed by atoms with Crippen molar-refractivity contribution in [3.63, 3.8) is 0 Å². The highest BCUT2D eigenvalue weighted by atomic mass is 19.3. The highest BCUT2D eigenvalue weighted by molar-refractivity contribution is 5.78. The molecule has 1 heterocycles. The predicted octanol–water partition coefficient (Wildman–Crippen LogP) is 2.15. The zero-order valence-corrected chi connectivity index (χ0v) is 11.6. The van der Waals surface area contributed by atoms with Crippen LogP contribution >= 0.6 is 0 Å². The number of Topliss-reactive ketones (excluding diaryl/α,β-unsaturated/α-hetero) is 1. The Morgan fingerprint density at radius 1 is 1.48 bits per heavy atom. The van der Waals surface area contributed by atoms with Crippen molar-refractivity contribution in [2.24, 2.45) is 10.7 Å². The third kappa shape index (κ3) is 2.72. The largest absolute Gasteiger partial charge is 0.459 e. The van der Waals surface area contributed by atoms with Crippen LogP contribution in [0.15, 0.2) is 23.2 Å². The van der Waals surface area contributed by atoms with Gasteiger partial charge < -0.3 is 10.5 Å². The number of hydrogen-bond donors (Lipinski definition) is 1. The number of ether oxygens (including phenoxy) is 1. The summed E-state index contributed by atoms with van der Waals surface area (Å²) in [5.41, 5.74) is 3.31. The fourth-order valence-corrected chi connectivity index (χ4v) is 2.24. The van der Waals surface area contributed by atoms with E-state index in [-0.39, 0.29) is 17.8 Å². The second-order valence-electron chi connectivity index (χ2n) is 5.21. The number of halogens is 3. The lowest BCUT2D eigenvalue weighted by Gasteiger charge is -2.37. The van der Waals surface area contributed by atoms with Gasteiger partial charge in [-0.25, -0.2) is 9.38 Å². The van der Waals surface area contributed by atoms with Gasteiger partial charge in [0.2, 0.25) is 0 Å². The Balaban J connectivity index is 2.57. The molecule has 0 radical (unpaired) electrons. The van der Waals surface area contributed by atoms with Gasteiger partial charge in [-0.2, -0.15) is 8.78 Å². The average molecular weight is 300 g/mol. The van der Waals surface area contributed by atoms with Gasteiger partial charge in [0, 0.05) is 12.0 Å². The topological polar surface area (TPSA) is 64.7 Å². The van der Waals surface area contributed by atoms with Crippen molar-refractivity contribution in [3.05, 3.63) is 35.1 Å². The lowest BCUT2D eigenvalue weighted by Crippen LogP contribution is -2.51. The highest BCUT2D eigenvalue weighted by Gasteiger charge is 2.56. The summed E-state index contributed by atoms with van der Waals surface area (Å²) in [4.78, 5) is 14.8. The number of amidine groups is 1. The van der Waals surface area contributed by atoms with Gasteiger partial charge in [-0.1, -0.05) is 6.07 Å². The zero-order chi connectivity index (χ0) is 15.8. The molecule has 0 saturated carbocycles. The van der Waals surface area contributed by atoms with E-state index >= 15 is 0 Å². The minimum absolute atomic E-state index is 0.0324. The Kier molecular flexibility index (Phi) is 3.69. The number of benzene rings is 1. The normalized spacial score (nSPS) is 24.1. The lowest BCUT2D eigenvalue weighted by molar-refractivity contribution is -0.117. The van der Waals surface area contributed by atoms with E-state index in [4.69, 9.17) is 5.73 Å². The van der Waals surface area contributed by atoms with Gasteiger partial charge in [-0.15, -0.1) is 0 Å². The van der Waals surface area contributed by atoms with Crippen LogP contribution in [-0.2, 0) is 21.5 Å². The molecule has 114 valence electrons. The van der Waals surface area contributed by atoms with Crippen LogP contribution in [-0.4, -0.2) is 24.3 Å². The number of hydrogen-bond acceptors (Lipinski definition) is 4. The molecule has 1 aliphatic rings. The highest BCUT2D eigenvalue weighted by Crippen LogP contribution is 2.44. The standard InChI is InChI=1S/C14H15F3N2O2/c1-8(20)5-9-3-4-11(15)10(6-9)13(2)14(16,17)7-21-12(18)19-13/h3-4,6H,5,7H2,1-2H3,(H2,18,19)/t13-/m1/s1. The summed E-state index contributed by atoms with van der Waals surface area (Å²) in [6.07, 6.45) is 0.0324. The van der Waals surface area contributed by atoms with E-state index in [1.165, 1.54) is 19.1 Å². The molecule has 0 spiro atoms. The second kappa shape index (κ2) is 5.05. The van der Waals surface area contributed by atoms with Crippen molar-refractivity contribution >= 4 is 11.8 Å². The van der Waals surface area contributed by atoms with E-state index in [0.29, 0.717) is 5.56 Å². The van der Waals surface area contributed by atoms with Crippen LogP contribution in [0.3, 0.4) is 0 Å². The molecule has 0 fully saturated rings. The lowest BCUT2D eigenvalue weighted by atomic mass is 9.84. The summed E-state index contributed by atoms with van der Waals surface area (Å²) >= 11 is 0. The van der Waals surface area contributed by atoms with Gasteiger partial charge in [0.1, 0.15) is 11.6 Å². The number of nitrogens with two attached hydrogens (primary N) is 1. The van der Waals surface area contributed by atoms with E-state index < -0.39 is 29.9 Å². The van der Waals surface area contributed by atoms with E-state index in [9.17, 15) is 18.0 Å². The van der Waals surface area contributed by atoms with Crippen LogP contribution in [0.2, 0.25) is 0 Å². The van der Waals surface area contributed by atoms with E-state index in [2.05, 4.69) is 9.73 Å². The SMILES string of the molecule is CC(=O)Cc1ccc(F)c([C@@]2(C)N=C(N)OCC2(F)F)c1. The van der Waals surface area contributed by atoms with E-state index in [1.54, 1.807) is 0 Å². The number of carbonyl (C=O) groups excluding carboxylic acids is 1. The van der Waals surface area contributed by atoms with Crippen molar-refractivity contribution in [1.29, 1.82) is 0 Å². The number of nitrogens with zero attached hydrogens (tertiary/aromatic N) is 1. The van der Waals surface area contributed by atoms with Gasteiger partial charge in [0.05, 0.1) is 0 Å². The Morgan fingerprint density at radius 2 is 2.14 bits per heavy atom. The van der Waals surface area contributed by atoms with Crippen LogP contribution in [0.4, 0.5) is 13.2 Å². The third-order valence-corrected chi connectivity index (χ3v) is 3.46. The molecule has 0 aliphatic carbocycles. The van der Waals surface area contributed by atoms with Crippen LogP contribution in [0.25, 0.3) is 0 Å². The Labute approximate surface area is 119 Å². The molecule has 1 aliphatic heterocycles. The molecule has 7 heteroatoms. The molecule has 1 aromatic rings. The Morgan fingerprint density at radius 3 is 2.76 bits per heavy atom. The number of ketones is 1. The molecular weight excluding hydrogens is 285 g/mol. The van der Waals surface area contributed by atoms with Gasteiger partial charge in [0.15, 0.2) is 12.1 Å². The number of aliphatic imine (C=N–C) groups is 1. The molecule has 2 rings (SSSR count). The maximum Gasteiger partial charge on any atom is 0.310 e. The predicted molar refractivity (Wildman–Crippen MR) is 70.7 cm³/mol. The molecule has 1 atom stereocenters. The number of alkyl halides is 2. The van der Waals surface area contributed by atoms with Gasteiger partial charge >= 0.3 is 5.92 Å². The first-order valence-electron chi connectivity index (χ1n) is 6.30. The smallest absolute Gasteiger partial charge is 0.310 e.